The van der Waals surface area contributed by atoms with E-state index in [2.05, 4.69) is 20.4 Å². The number of aromatic nitrogens is 4. The molecule has 3 aromatic heterocycles. The number of nitrogens with one attached hydrogen (secondary N) is 2. The van der Waals surface area contributed by atoms with Crippen LogP contribution in [0.25, 0.3) is 34.1 Å². The average molecular weight is 484 g/mol. The fourth-order valence-corrected chi connectivity index (χ4v) is 4.31. The molecule has 0 saturated heterocycles. The molecule has 0 spiro atoms. The predicted octanol–water partition coefficient (Wildman–Crippen LogP) is 6.02. The summed E-state index contributed by atoms with van der Waals surface area (Å²) in [5.74, 6) is -0.382. The van der Waals surface area contributed by atoms with E-state index < -0.39 is 0 Å². The van der Waals surface area contributed by atoms with E-state index in [4.69, 9.17) is 0 Å². The highest BCUT2D eigenvalue weighted by Gasteiger charge is 2.14. The van der Waals surface area contributed by atoms with Crippen LogP contribution >= 0.6 is 0 Å². The van der Waals surface area contributed by atoms with Crippen LogP contribution in [0, 0.1) is 0 Å². The summed E-state index contributed by atoms with van der Waals surface area (Å²) in [4.78, 5) is 33.7. The molecule has 0 unspecified atom stereocenters. The Hall–Kier alpha value is -5.30. The molecule has 7 nitrogen and oxygen atoms in total. The second-order valence-corrected chi connectivity index (χ2v) is 8.54. The maximum absolute atomic E-state index is 13.4. The summed E-state index contributed by atoms with van der Waals surface area (Å²) in [5, 5.41) is 9.10. The molecule has 3 heterocycles. The minimum Gasteiger partial charge on any atom is -0.361 e. The molecule has 0 bridgehead atoms. The number of H-pyrrole nitrogens is 1. The molecule has 7 heteroatoms. The molecule has 2 N–H and O–H groups in total. The van der Waals surface area contributed by atoms with Gasteiger partial charge in [0.2, 0.25) is 0 Å². The molecule has 0 atom stereocenters. The van der Waals surface area contributed by atoms with Gasteiger partial charge in [0.05, 0.1) is 17.4 Å². The number of benzene rings is 3. The van der Waals surface area contributed by atoms with Crippen molar-refractivity contribution in [3.8, 4) is 0 Å². The number of ketones is 1. The first-order chi connectivity index (χ1) is 18.2. The van der Waals surface area contributed by atoms with E-state index >= 15 is 0 Å². The summed E-state index contributed by atoms with van der Waals surface area (Å²) < 4.78 is 1.72. The second-order valence-electron chi connectivity index (χ2n) is 8.54. The zero-order valence-electron chi connectivity index (χ0n) is 19.6. The van der Waals surface area contributed by atoms with E-state index in [1.165, 1.54) is 0 Å². The standard InChI is InChI=1S/C30H21N5O2/c36-29(21-10-11-22-19-33-35(28(22)18-21)16-13-23-6-1-2-14-31-23)20-5-3-7-24(17-20)34-30(37)26-8-4-9-27-25(26)12-15-32-27/h1-19,32H,(H,34,37). The number of hydrogen-bond donors (Lipinski definition) is 2. The Bertz CT molecular complexity index is 1800. The van der Waals surface area contributed by atoms with E-state index in [0.717, 1.165) is 27.5 Å². The minimum absolute atomic E-state index is 0.146. The Morgan fingerprint density at radius 3 is 2.68 bits per heavy atom. The van der Waals surface area contributed by atoms with Crippen molar-refractivity contribution in [1.29, 1.82) is 0 Å². The highest BCUT2D eigenvalue weighted by atomic mass is 16.1. The lowest BCUT2D eigenvalue weighted by Crippen LogP contribution is -2.12. The van der Waals surface area contributed by atoms with Crippen LogP contribution in [-0.2, 0) is 0 Å². The topological polar surface area (TPSA) is 92.7 Å². The number of nitrogens with zero attached hydrogens (tertiary/aromatic N) is 3. The summed E-state index contributed by atoms with van der Waals surface area (Å²) in [6.07, 6.45) is 8.97. The Balaban J connectivity index is 1.26. The van der Waals surface area contributed by atoms with Gasteiger partial charge in [0.25, 0.3) is 5.91 Å². The van der Waals surface area contributed by atoms with Gasteiger partial charge in [-0.25, -0.2) is 4.68 Å². The third-order valence-electron chi connectivity index (χ3n) is 6.16. The molecule has 0 aliphatic rings. The maximum atomic E-state index is 13.4. The largest absolute Gasteiger partial charge is 0.361 e. The van der Waals surface area contributed by atoms with Crippen molar-refractivity contribution in [2.75, 3.05) is 5.32 Å². The molecule has 6 aromatic rings. The van der Waals surface area contributed by atoms with Crippen LogP contribution in [0.4, 0.5) is 5.69 Å². The van der Waals surface area contributed by atoms with Crippen LogP contribution in [0.1, 0.15) is 32.0 Å². The van der Waals surface area contributed by atoms with E-state index in [-0.39, 0.29) is 11.7 Å². The van der Waals surface area contributed by atoms with Gasteiger partial charge >= 0.3 is 0 Å². The van der Waals surface area contributed by atoms with Crippen molar-refractivity contribution in [2.45, 2.75) is 0 Å². The lowest BCUT2D eigenvalue weighted by atomic mass is 10.0. The monoisotopic (exact) mass is 483 g/mol. The SMILES string of the molecule is O=C(c1cccc(NC(=O)c2cccc3[nH]ccc23)c1)c1ccc2cnn(C=Cc3ccccn3)c2c1. The highest BCUT2D eigenvalue weighted by Crippen LogP contribution is 2.22. The molecule has 6 rings (SSSR count). The zero-order chi connectivity index (χ0) is 25.2. The molecule has 0 fully saturated rings. The van der Waals surface area contributed by atoms with Crippen molar-refractivity contribution in [2.24, 2.45) is 0 Å². The Kier molecular flexibility index (Phi) is 5.63. The average Bonchev–Trinajstić information content (AvgIpc) is 3.59. The van der Waals surface area contributed by atoms with Gasteiger partial charge in [0.15, 0.2) is 5.78 Å². The molecule has 0 radical (unpaired) electrons. The van der Waals surface area contributed by atoms with Crippen molar-refractivity contribution in [3.63, 3.8) is 0 Å². The first-order valence-corrected chi connectivity index (χ1v) is 11.7. The number of anilines is 1. The highest BCUT2D eigenvalue weighted by molar-refractivity contribution is 6.14. The van der Waals surface area contributed by atoms with E-state index in [1.54, 1.807) is 59.7 Å². The van der Waals surface area contributed by atoms with Gasteiger partial charge in [-0.15, -0.1) is 0 Å². The van der Waals surface area contributed by atoms with E-state index in [0.29, 0.717) is 22.4 Å². The molecule has 3 aromatic carbocycles. The van der Waals surface area contributed by atoms with Gasteiger partial charge in [-0.3, -0.25) is 14.6 Å². The van der Waals surface area contributed by atoms with Crippen LogP contribution in [0.2, 0.25) is 0 Å². The molecule has 178 valence electrons. The summed E-state index contributed by atoms with van der Waals surface area (Å²) in [6, 6.07) is 25.6. The van der Waals surface area contributed by atoms with Crippen LogP contribution in [0.3, 0.4) is 0 Å². The van der Waals surface area contributed by atoms with Gasteiger partial charge in [0.1, 0.15) is 0 Å². The normalized spacial score (nSPS) is 11.4. The van der Waals surface area contributed by atoms with Crippen LogP contribution in [0.5, 0.6) is 0 Å². The molecule has 1 amide bonds. The molecular formula is C30H21N5O2. The van der Waals surface area contributed by atoms with Gasteiger partial charge in [-0.1, -0.05) is 36.4 Å². The third-order valence-corrected chi connectivity index (χ3v) is 6.16. The lowest BCUT2D eigenvalue weighted by Gasteiger charge is -2.09. The lowest BCUT2D eigenvalue weighted by molar-refractivity contribution is 0.102. The Labute approximate surface area is 212 Å². The number of rotatable bonds is 6. The summed E-state index contributed by atoms with van der Waals surface area (Å²) >= 11 is 0. The summed E-state index contributed by atoms with van der Waals surface area (Å²) in [5.41, 5.74) is 4.63. The Morgan fingerprint density at radius 2 is 1.78 bits per heavy atom. The smallest absolute Gasteiger partial charge is 0.256 e. The van der Waals surface area contributed by atoms with Crippen molar-refractivity contribution in [1.82, 2.24) is 19.7 Å². The number of fused-ring (bicyclic) bond motifs is 2. The van der Waals surface area contributed by atoms with Gasteiger partial charge in [-0.2, -0.15) is 5.10 Å². The van der Waals surface area contributed by atoms with Gasteiger partial charge < -0.3 is 10.3 Å². The third kappa shape index (κ3) is 4.41. The number of hydrogen-bond acceptors (Lipinski definition) is 4. The Morgan fingerprint density at radius 1 is 0.892 bits per heavy atom. The number of carbonyl (C=O) groups excluding carboxylic acids is 2. The molecule has 0 aliphatic carbocycles. The van der Waals surface area contributed by atoms with Crippen LogP contribution < -0.4 is 5.32 Å². The van der Waals surface area contributed by atoms with Crippen LogP contribution in [-0.4, -0.2) is 31.4 Å². The zero-order valence-corrected chi connectivity index (χ0v) is 19.6. The number of pyridine rings is 1. The minimum atomic E-state index is -0.236. The molecule has 37 heavy (non-hydrogen) atoms. The number of amides is 1. The molecule has 0 saturated carbocycles. The number of aromatic amines is 1. The predicted molar refractivity (Wildman–Crippen MR) is 145 cm³/mol. The summed E-state index contributed by atoms with van der Waals surface area (Å²) in [6.45, 7) is 0. The second kappa shape index (κ2) is 9.39. The molecular weight excluding hydrogens is 462 g/mol. The quantitative estimate of drug-likeness (QED) is 0.283. The first-order valence-electron chi connectivity index (χ1n) is 11.7. The van der Waals surface area contributed by atoms with E-state index in [9.17, 15) is 9.59 Å². The van der Waals surface area contributed by atoms with Crippen molar-refractivity contribution < 1.29 is 9.59 Å². The molecule has 0 aliphatic heterocycles. The number of carbonyl (C=O) groups is 2. The van der Waals surface area contributed by atoms with Crippen LogP contribution in [0.15, 0.2) is 104 Å². The van der Waals surface area contributed by atoms with E-state index in [1.807, 2.05) is 60.8 Å². The summed E-state index contributed by atoms with van der Waals surface area (Å²) in [7, 11) is 0. The van der Waals surface area contributed by atoms with Gasteiger partial charge in [0, 0.05) is 57.3 Å². The fraction of sp³-hybridized carbons (Fsp3) is 0. The fourth-order valence-electron chi connectivity index (χ4n) is 4.31. The maximum Gasteiger partial charge on any atom is 0.256 e. The van der Waals surface area contributed by atoms with Gasteiger partial charge in [-0.05, 0) is 54.6 Å². The van der Waals surface area contributed by atoms with Crippen molar-refractivity contribution >= 4 is 51.5 Å². The first kappa shape index (κ1) is 22.2. The van der Waals surface area contributed by atoms with Crippen molar-refractivity contribution in [3.05, 3.63) is 126 Å².